The predicted molar refractivity (Wildman–Crippen MR) is 152 cm³/mol. The molecule has 0 saturated heterocycles. The van der Waals surface area contributed by atoms with Crippen LogP contribution in [0.25, 0.3) is 6.08 Å². The Morgan fingerprint density at radius 3 is 2.31 bits per heavy atom. The number of halogens is 1. The molecule has 1 N–H and O–H groups in total. The molecule has 0 saturated carbocycles. The van der Waals surface area contributed by atoms with Crippen molar-refractivity contribution in [2.45, 2.75) is 18.7 Å². The van der Waals surface area contributed by atoms with Gasteiger partial charge in [0.1, 0.15) is 9.94 Å². The minimum absolute atomic E-state index is 0.0210. The van der Waals surface area contributed by atoms with Crippen molar-refractivity contribution in [3.05, 3.63) is 93.5 Å². The normalized spacial score (nSPS) is 16.2. The van der Waals surface area contributed by atoms with Crippen molar-refractivity contribution in [1.29, 1.82) is 5.41 Å². The van der Waals surface area contributed by atoms with Crippen molar-refractivity contribution in [3.8, 4) is 11.5 Å². The Kier molecular flexibility index (Phi) is 7.06. The number of methoxy groups -OCH3 is 1. The molecule has 2 heterocycles. The Bertz CT molecular complexity index is 1710. The fourth-order valence-corrected chi connectivity index (χ4v) is 5.90. The van der Waals surface area contributed by atoms with Crippen molar-refractivity contribution >= 4 is 61.5 Å². The van der Waals surface area contributed by atoms with Gasteiger partial charge in [-0.3, -0.25) is 10.2 Å². The molecule has 0 unspecified atom stereocenters. The molecule has 9 nitrogen and oxygen atoms in total. The first-order valence-electron chi connectivity index (χ1n) is 11.5. The van der Waals surface area contributed by atoms with Crippen molar-refractivity contribution in [1.82, 2.24) is 5.01 Å². The maximum Gasteiger partial charge on any atom is 0.339 e. The number of aliphatic imine (C=N–C) groups is 1. The first-order chi connectivity index (χ1) is 18.6. The Morgan fingerprint density at radius 1 is 1.03 bits per heavy atom. The second-order valence-electron chi connectivity index (χ2n) is 8.68. The summed E-state index contributed by atoms with van der Waals surface area (Å²) in [4.78, 5) is 16.9. The van der Waals surface area contributed by atoms with Crippen LogP contribution in [0.3, 0.4) is 0 Å². The number of amides is 1. The fourth-order valence-electron chi connectivity index (χ4n) is 3.74. The van der Waals surface area contributed by atoms with E-state index in [1.807, 2.05) is 38.1 Å². The highest BCUT2D eigenvalue weighted by atomic mass is 35.5. The zero-order chi connectivity index (χ0) is 27.9. The van der Waals surface area contributed by atoms with E-state index in [4.69, 9.17) is 25.9 Å². The van der Waals surface area contributed by atoms with Crippen LogP contribution in [-0.4, -0.2) is 42.5 Å². The van der Waals surface area contributed by atoms with Gasteiger partial charge in [-0.2, -0.15) is 23.5 Å². The standard InChI is InChI=1S/C27H21ClN4O5S2/c1-15-4-8-18(9-5-15)26-31-32-24(29)20(25(33)30-27(32)38-26)12-17-13-21(28)23(22(14-17)36-3)37-39(34,35)19-10-6-16(2)7-11-19/h4-14,29H,1-3H3/b20-12+,29-24?. The van der Waals surface area contributed by atoms with Crippen LogP contribution < -0.4 is 8.92 Å². The van der Waals surface area contributed by atoms with Gasteiger partial charge in [0.25, 0.3) is 5.91 Å². The van der Waals surface area contributed by atoms with Crippen molar-refractivity contribution < 1.29 is 22.1 Å². The maximum absolute atomic E-state index is 12.9. The summed E-state index contributed by atoms with van der Waals surface area (Å²) >= 11 is 7.62. The third kappa shape index (κ3) is 5.33. The van der Waals surface area contributed by atoms with E-state index in [0.29, 0.717) is 15.8 Å². The van der Waals surface area contributed by atoms with Gasteiger partial charge in [0.05, 0.1) is 17.7 Å². The molecular formula is C27H21ClN4O5S2. The summed E-state index contributed by atoms with van der Waals surface area (Å²) in [5.41, 5.74) is 3.20. The summed E-state index contributed by atoms with van der Waals surface area (Å²) in [5, 5.41) is 15.3. The summed E-state index contributed by atoms with van der Waals surface area (Å²) < 4.78 is 36.3. The molecule has 1 amide bonds. The van der Waals surface area contributed by atoms with Gasteiger partial charge in [-0.05, 0) is 61.5 Å². The Balaban J connectivity index is 1.45. The van der Waals surface area contributed by atoms with Crippen LogP contribution >= 0.6 is 23.4 Å². The molecule has 0 aromatic heterocycles. The number of hydrogen-bond acceptors (Lipinski definition) is 8. The lowest BCUT2D eigenvalue weighted by Gasteiger charge is -2.20. The van der Waals surface area contributed by atoms with Gasteiger partial charge in [-0.25, -0.2) is 0 Å². The number of ether oxygens (including phenoxy) is 1. The molecule has 5 rings (SSSR count). The Hall–Kier alpha value is -3.93. The minimum atomic E-state index is -4.19. The van der Waals surface area contributed by atoms with Gasteiger partial charge < -0.3 is 8.92 Å². The molecule has 39 heavy (non-hydrogen) atoms. The van der Waals surface area contributed by atoms with Crippen LogP contribution in [0, 0.1) is 19.3 Å². The number of rotatable bonds is 6. The van der Waals surface area contributed by atoms with Crippen molar-refractivity contribution in [2.75, 3.05) is 7.11 Å². The molecule has 0 fully saturated rings. The number of hydrazone groups is 1. The van der Waals surface area contributed by atoms with Gasteiger partial charge in [-0.1, -0.05) is 59.1 Å². The number of amidine groups is 2. The van der Waals surface area contributed by atoms with Crippen molar-refractivity contribution in [2.24, 2.45) is 10.1 Å². The zero-order valence-corrected chi connectivity index (χ0v) is 23.3. The number of carbonyl (C=O) groups excluding carboxylic acids is 1. The lowest BCUT2D eigenvalue weighted by Crippen LogP contribution is -2.35. The summed E-state index contributed by atoms with van der Waals surface area (Å²) in [6, 6.07) is 16.8. The quantitative estimate of drug-likeness (QED) is 0.306. The van der Waals surface area contributed by atoms with Crippen LogP contribution in [0.5, 0.6) is 11.5 Å². The van der Waals surface area contributed by atoms with Crippen LogP contribution in [0.4, 0.5) is 0 Å². The van der Waals surface area contributed by atoms with E-state index in [1.165, 1.54) is 54.2 Å². The number of thioether (sulfide) groups is 1. The van der Waals surface area contributed by atoms with Crippen molar-refractivity contribution in [3.63, 3.8) is 0 Å². The second-order valence-corrected chi connectivity index (χ2v) is 11.6. The maximum atomic E-state index is 12.9. The van der Waals surface area contributed by atoms with E-state index in [1.54, 1.807) is 12.1 Å². The highest BCUT2D eigenvalue weighted by Crippen LogP contribution is 2.39. The average molecular weight is 581 g/mol. The number of aryl methyl sites for hydroxylation is 2. The summed E-state index contributed by atoms with van der Waals surface area (Å²) in [6.45, 7) is 3.82. The van der Waals surface area contributed by atoms with E-state index >= 15 is 0 Å². The molecule has 3 aromatic carbocycles. The molecular weight excluding hydrogens is 560 g/mol. The van der Waals surface area contributed by atoms with Crippen LogP contribution in [0.2, 0.25) is 5.02 Å². The number of nitrogens with one attached hydrogen (secondary N) is 1. The Morgan fingerprint density at radius 2 is 1.67 bits per heavy atom. The SMILES string of the molecule is COc1cc(/C=C2\C(=N)N3N=C(c4ccc(C)cc4)SC3=NC2=O)cc(Cl)c1OS(=O)(=O)c1ccc(C)cc1. The van der Waals surface area contributed by atoms with Gasteiger partial charge in [0, 0.05) is 5.56 Å². The molecule has 12 heteroatoms. The highest BCUT2D eigenvalue weighted by molar-refractivity contribution is 8.27. The predicted octanol–water partition coefficient (Wildman–Crippen LogP) is 5.40. The first kappa shape index (κ1) is 26.7. The third-order valence-corrected chi connectivity index (χ3v) is 8.29. The van der Waals surface area contributed by atoms with E-state index < -0.39 is 16.0 Å². The Labute approximate surface area is 234 Å². The van der Waals surface area contributed by atoms with Crippen LogP contribution in [0.1, 0.15) is 22.3 Å². The van der Waals surface area contributed by atoms with Gasteiger partial charge in [0.15, 0.2) is 11.6 Å². The van der Waals surface area contributed by atoms with E-state index in [9.17, 15) is 13.2 Å². The number of nitrogens with zero attached hydrogens (tertiary/aromatic N) is 3. The largest absolute Gasteiger partial charge is 0.493 e. The molecule has 3 aromatic rings. The third-order valence-electron chi connectivity index (χ3n) is 5.82. The fraction of sp³-hybridized carbons (Fsp3) is 0.111. The lowest BCUT2D eigenvalue weighted by atomic mass is 10.1. The number of carbonyl (C=O) groups is 1. The minimum Gasteiger partial charge on any atom is -0.493 e. The molecule has 0 aliphatic carbocycles. The topological polar surface area (TPSA) is 121 Å². The van der Waals surface area contributed by atoms with E-state index in [0.717, 1.165) is 16.7 Å². The summed E-state index contributed by atoms with van der Waals surface area (Å²) in [5.74, 6) is -0.940. The first-order valence-corrected chi connectivity index (χ1v) is 14.1. The molecule has 2 aliphatic rings. The number of hydrogen-bond donors (Lipinski definition) is 1. The van der Waals surface area contributed by atoms with Crippen LogP contribution in [0.15, 0.2) is 81.2 Å². The zero-order valence-electron chi connectivity index (χ0n) is 20.9. The van der Waals surface area contributed by atoms with E-state index in [2.05, 4.69) is 10.1 Å². The number of benzene rings is 3. The molecule has 0 radical (unpaired) electrons. The van der Waals surface area contributed by atoms with Gasteiger partial charge in [-0.15, -0.1) is 0 Å². The monoisotopic (exact) mass is 580 g/mol. The average Bonchev–Trinajstić information content (AvgIpc) is 3.32. The molecule has 0 bridgehead atoms. The molecule has 198 valence electrons. The summed E-state index contributed by atoms with van der Waals surface area (Å²) in [7, 11) is -2.86. The molecule has 0 atom stereocenters. The highest BCUT2D eigenvalue weighted by Gasteiger charge is 2.36. The molecule has 0 spiro atoms. The lowest BCUT2D eigenvalue weighted by molar-refractivity contribution is -0.114. The van der Waals surface area contributed by atoms with Gasteiger partial charge >= 0.3 is 10.1 Å². The number of fused-ring (bicyclic) bond motifs is 1. The molecule has 2 aliphatic heterocycles. The summed E-state index contributed by atoms with van der Waals surface area (Å²) in [6.07, 6.45) is 1.42. The smallest absolute Gasteiger partial charge is 0.339 e. The van der Waals surface area contributed by atoms with Gasteiger partial charge in [0.2, 0.25) is 10.9 Å². The second kappa shape index (κ2) is 10.3. The van der Waals surface area contributed by atoms with E-state index in [-0.39, 0.29) is 32.8 Å². The van der Waals surface area contributed by atoms with Crippen LogP contribution in [-0.2, 0) is 14.9 Å².